The zero-order chi connectivity index (χ0) is 29.0. The van der Waals surface area contributed by atoms with Crippen LogP contribution in [0.2, 0.25) is 0 Å². The first-order valence-electron chi connectivity index (χ1n) is 12.9. The molecule has 6 aliphatic rings. The minimum atomic E-state index is 0.503. The van der Waals surface area contributed by atoms with E-state index in [1.807, 2.05) is 0 Å². The highest BCUT2D eigenvalue weighted by Crippen LogP contribution is 2.49. The van der Waals surface area contributed by atoms with Crippen molar-refractivity contribution in [2.45, 2.75) is 19.6 Å². The molecule has 9 rings (SSSR count). The maximum atomic E-state index is 5.80. The fraction of sp³-hybridized carbons (Fsp3) is 0.333. The highest BCUT2D eigenvalue weighted by Gasteiger charge is 2.31. The molecule has 6 aliphatic heterocycles. The van der Waals surface area contributed by atoms with Gasteiger partial charge in [-0.15, -0.1) is 0 Å². The Morgan fingerprint density at radius 2 is 0.614 bits per heavy atom. The summed E-state index contributed by atoms with van der Waals surface area (Å²) >= 11 is 12.7. The highest BCUT2D eigenvalue weighted by atomic mass is 32.2. The van der Waals surface area contributed by atoms with E-state index in [9.17, 15) is 0 Å². The second-order valence-corrected chi connectivity index (χ2v) is 16.6. The van der Waals surface area contributed by atoms with Crippen LogP contribution < -0.4 is 0 Å². The van der Waals surface area contributed by atoms with Crippen molar-refractivity contribution in [1.82, 2.24) is 39.9 Å². The van der Waals surface area contributed by atoms with Gasteiger partial charge in [-0.3, -0.25) is 0 Å². The average molecular weight is 739 g/mol. The monoisotopic (exact) mass is 738 g/mol. The van der Waals surface area contributed by atoms with Crippen LogP contribution in [0.15, 0.2) is 19.6 Å². The number of aromatic amines is 2. The predicted octanol–water partition coefficient (Wildman–Crippen LogP) is 6.63. The molecular weight excluding hydrogens is 721 g/mol. The van der Waals surface area contributed by atoms with Crippen molar-refractivity contribution in [3.05, 3.63) is 23.3 Å². The van der Waals surface area contributed by atoms with E-state index in [0.717, 1.165) is 39.2 Å². The molecule has 20 heteroatoms. The second kappa shape index (κ2) is 12.5. The van der Waals surface area contributed by atoms with E-state index in [0.29, 0.717) is 93.4 Å². The fourth-order valence-corrected chi connectivity index (χ4v) is 12.5. The van der Waals surface area contributed by atoms with E-state index < -0.39 is 0 Å². The standard InChI is InChI=1S/C24H18N8O4S8/c1-33-2-38-10-9(37-1)17-25-18(10)30-20-13-14(42-6-35-5-41-13)22(27-20)32-24-16-15(43-7-36-8-44-16)23(28-24)31-21-12-11(19(26-21)29-17)39-3-34-4-40-12/h1-8H2,(H2,25,26,27,28,29,30,31,32). The molecule has 226 valence electrons. The zero-order valence-corrected chi connectivity index (χ0v) is 28.8. The van der Waals surface area contributed by atoms with Crippen LogP contribution in [0.5, 0.6) is 0 Å². The topological polar surface area (TPSA) is 146 Å². The number of fused-ring (bicyclic) bond motifs is 18. The number of nitrogens with zero attached hydrogens (tertiary/aromatic N) is 6. The summed E-state index contributed by atoms with van der Waals surface area (Å²) < 4.78 is 23.2. The molecule has 3 aromatic heterocycles. The summed E-state index contributed by atoms with van der Waals surface area (Å²) in [7, 11) is 0. The first kappa shape index (κ1) is 29.1. The van der Waals surface area contributed by atoms with Crippen LogP contribution in [0, 0.1) is 0 Å². The van der Waals surface area contributed by atoms with Crippen molar-refractivity contribution < 1.29 is 18.9 Å². The van der Waals surface area contributed by atoms with Crippen molar-refractivity contribution >= 4 is 136 Å². The van der Waals surface area contributed by atoms with Gasteiger partial charge in [0.15, 0.2) is 23.3 Å². The number of H-pyrrole nitrogens is 2. The van der Waals surface area contributed by atoms with E-state index in [-0.39, 0.29) is 0 Å². The maximum absolute atomic E-state index is 5.80. The summed E-state index contributed by atoms with van der Waals surface area (Å²) in [4.78, 5) is 45.2. The van der Waals surface area contributed by atoms with E-state index in [4.69, 9.17) is 48.9 Å². The van der Waals surface area contributed by atoms with Gasteiger partial charge in [0.2, 0.25) is 0 Å². The summed E-state index contributed by atoms with van der Waals surface area (Å²) in [5.41, 5.74) is 2.80. The molecule has 0 unspecified atom stereocenters. The van der Waals surface area contributed by atoms with E-state index in [1.54, 1.807) is 94.1 Å². The quantitative estimate of drug-likeness (QED) is 0.254. The van der Waals surface area contributed by atoms with Crippen LogP contribution in [0.25, 0.3) is 42.2 Å². The largest absolute Gasteiger partial charge is 0.360 e. The zero-order valence-electron chi connectivity index (χ0n) is 22.2. The molecule has 44 heavy (non-hydrogen) atoms. The van der Waals surface area contributed by atoms with Gasteiger partial charge in [0.25, 0.3) is 0 Å². The molecule has 8 bridgehead atoms. The minimum Gasteiger partial charge on any atom is -0.360 e. The normalized spacial score (nSPS) is 20.5. The number of thioether (sulfide) groups is 8. The summed E-state index contributed by atoms with van der Waals surface area (Å²) in [6.45, 7) is 0. The van der Waals surface area contributed by atoms with E-state index >= 15 is 0 Å². The van der Waals surface area contributed by atoms with Crippen LogP contribution >= 0.6 is 94.1 Å². The van der Waals surface area contributed by atoms with Gasteiger partial charge in [-0.2, -0.15) is 0 Å². The van der Waals surface area contributed by atoms with E-state index in [1.165, 1.54) is 0 Å². The Bertz CT molecular complexity index is 1800. The SMILES string of the molecule is C1OCSC2=C(S1)c1nc3nc(nc4[nH]c(nc5[nH]c(nc2n1)c1c5SCOCS1)c1c4SCOCS1)C1=C3SCOCS1. The Morgan fingerprint density at radius 3 is 0.955 bits per heavy atom. The van der Waals surface area contributed by atoms with Gasteiger partial charge < -0.3 is 28.9 Å². The molecule has 0 spiro atoms. The summed E-state index contributed by atoms with van der Waals surface area (Å²) in [5, 5.41) is 0. The molecule has 0 aromatic carbocycles. The predicted molar refractivity (Wildman–Crippen MR) is 183 cm³/mol. The van der Waals surface area contributed by atoms with Crippen molar-refractivity contribution in [2.24, 2.45) is 0 Å². The smallest absolute Gasteiger partial charge is 0.171 e. The molecule has 0 fully saturated rings. The van der Waals surface area contributed by atoms with Crippen molar-refractivity contribution in [3.8, 4) is 0 Å². The summed E-state index contributed by atoms with van der Waals surface area (Å²) in [6.07, 6.45) is 0. The van der Waals surface area contributed by atoms with Crippen LogP contribution in [0.3, 0.4) is 0 Å². The van der Waals surface area contributed by atoms with Crippen LogP contribution in [0.1, 0.15) is 23.3 Å². The third-order valence-electron chi connectivity index (χ3n) is 6.56. The molecule has 0 saturated carbocycles. The number of nitrogens with one attached hydrogen (secondary N) is 2. The number of aromatic nitrogens is 8. The highest BCUT2D eigenvalue weighted by molar-refractivity contribution is 8.14. The van der Waals surface area contributed by atoms with Gasteiger partial charge in [0, 0.05) is 0 Å². The Kier molecular flexibility index (Phi) is 8.29. The number of rotatable bonds is 0. The molecule has 9 heterocycles. The third kappa shape index (κ3) is 5.31. The lowest BCUT2D eigenvalue weighted by Gasteiger charge is -2.01. The molecule has 2 N–H and O–H groups in total. The van der Waals surface area contributed by atoms with Crippen LogP contribution in [-0.2, 0) is 18.9 Å². The molecule has 0 radical (unpaired) electrons. The summed E-state index contributed by atoms with van der Waals surface area (Å²) in [6, 6.07) is 0. The average Bonchev–Trinajstić information content (AvgIpc) is 3.41. The third-order valence-corrected chi connectivity index (χ3v) is 14.8. The van der Waals surface area contributed by atoms with E-state index in [2.05, 4.69) is 9.97 Å². The minimum absolute atomic E-state index is 0.503. The number of hydrogen-bond acceptors (Lipinski definition) is 18. The van der Waals surface area contributed by atoms with Gasteiger partial charge in [0.05, 0.1) is 86.7 Å². The summed E-state index contributed by atoms with van der Waals surface area (Å²) in [5.74, 6) is 6.43. The van der Waals surface area contributed by atoms with Crippen molar-refractivity contribution in [1.29, 1.82) is 0 Å². The first-order valence-corrected chi connectivity index (χ1v) is 20.8. The van der Waals surface area contributed by atoms with Crippen molar-refractivity contribution in [3.63, 3.8) is 0 Å². The number of ether oxygens (including phenoxy) is 4. The van der Waals surface area contributed by atoms with Crippen molar-refractivity contribution in [2.75, 3.05) is 47.5 Å². The molecule has 0 saturated heterocycles. The lowest BCUT2D eigenvalue weighted by molar-refractivity contribution is 0.241. The van der Waals surface area contributed by atoms with Crippen LogP contribution in [0.4, 0.5) is 0 Å². The van der Waals surface area contributed by atoms with Gasteiger partial charge >= 0.3 is 0 Å². The Morgan fingerprint density at radius 1 is 0.341 bits per heavy atom. The van der Waals surface area contributed by atoms with Gasteiger partial charge in [0.1, 0.15) is 22.6 Å². The molecule has 12 nitrogen and oxygen atoms in total. The van der Waals surface area contributed by atoms with Gasteiger partial charge in [-0.05, 0) is 0 Å². The van der Waals surface area contributed by atoms with Gasteiger partial charge in [-0.1, -0.05) is 94.1 Å². The van der Waals surface area contributed by atoms with Crippen LogP contribution in [-0.4, -0.2) is 87.4 Å². The first-order chi connectivity index (χ1) is 21.8. The molecule has 0 atom stereocenters. The van der Waals surface area contributed by atoms with Gasteiger partial charge in [-0.25, -0.2) is 29.9 Å². The number of hydrogen-bond donors (Lipinski definition) is 2. The second-order valence-electron chi connectivity index (χ2n) is 9.16. The Balaban J connectivity index is 1.40. The lowest BCUT2D eigenvalue weighted by Crippen LogP contribution is -1.94. The molecule has 3 aromatic rings. The maximum Gasteiger partial charge on any atom is 0.171 e. The Labute approximate surface area is 283 Å². The molecule has 0 amide bonds. The molecule has 0 aliphatic carbocycles. The lowest BCUT2D eigenvalue weighted by atomic mass is 10.4. The fourth-order valence-electron chi connectivity index (χ4n) is 4.73. The Hall–Kier alpha value is -1.04. The molecular formula is C24H18N8O4S8.